The molecule has 0 saturated carbocycles. The summed E-state index contributed by atoms with van der Waals surface area (Å²) in [6.45, 7) is 0. The van der Waals surface area contributed by atoms with Gasteiger partial charge in [0.1, 0.15) is 5.69 Å². The fraction of sp³-hybridized carbons (Fsp3) is 0.105. The summed E-state index contributed by atoms with van der Waals surface area (Å²) in [6, 6.07) is 9.52. The number of pyridine rings is 1. The molecule has 0 spiro atoms. The number of imidazole rings is 1. The highest BCUT2D eigenvalue weighted by molar-refractivity contribution is 6.34. The molecule has 118 valence electrons. The molecule has 0 amide bonds. The lowest BCUT2D eigenvalue weighted by molar-refractivity contribution is 0.105. The van der Waals surface area contributed by atoms with Crippen molar-refractivity contribution in [3.63, 3.8) is 0 Å². The number of nitrogens with zero attached hydrogens (tertiary/aromatic N) is 3. The third-order valence-corrected chi connectivity index (χ3v) is 4.47. The highest BCUT2D eigenvalue weighted by Gasteiger charge is 2.23. The molecule has 4 nitrogen and oxygen atoms in total. The van der Waals surface area contributed by atoms with Crippen LogP contribution in [0.25, 0.3) is 11.6 Å². The minimum absolute atomic E-state index is 0.0739. The Morgan fingerprint density at radius 1 is 1.29 bits per heavy atom. The fourth-order valence-corrected chi connectivity index (χ4v) is 3.17. The second-order valence-electron chi connectivity index (χ2n) is 5.79. The van der Waals surface area contributed by atoms with Crippen LogP contribution in [0.1, 0.15) is 32.9 Å². The Hall–Kier alpha value is -2.72. The second kappa shape index (κ2) is 5.73. The molecular weight excluding hydrogens is 322 g/mol. The number of allylic oxidation sites excluding steroid dienone is 1. The van der Waals surface area contributed by atoms with Gasteiger partial charge in [0.15, 0.2) is 0 Å². The van der Waals surface area contributed by atoms with Gasteiger partial charge in [-0.25, -0.2) is 4.98 Å². The van der Waals surface area contributed by atoms with E-state index < -0.39 is 0 Å². The molecule has 2 heterocycles. The third-order valence-electron chi connectivity index (χ3n) is 4.24. The molecule has 24 heavy (non-hydrogen) atoms. The number of hydrogen-bond acceptors (Lipinski definition) is 3. The van der Waals surface area contributed by atoms with E-state index in [2.05, 4.69) is 9.97 Å². The van der Waals surface area contributed by atoms with Crippen LogP contribution in [-0.4, -0.2) is 20.3 Å². The lowest BCUT2D eigenvalue weighted by Gasteiger charge is -2.11. The number of hydrogen-bond donors (Lipinski definition) is 0. The maximum atomic E-state index is 13.1. The summed E-state index contributed by atoms with van der Waals surface area (Å²) in [5.41, 5.74) is 4.96. The molecule has 0 saturated heterocycles. The molecule has 0 aliphatic heterocycles. The first-order valence-electron chi connectivity index (χ1n) is 7.59. The Bertz CT molecular complexity index is 988. The zero-order valence-electron chi connectivity index (χ0n) is 13.0. The standard InChI is InChI=1S/C19H14ClN3O/c1-23-11-21-10-18(23)19(24)16-7-13-3-2-6-22-17(13)8-12-4-5-14(20)9-15(12)16/h2-7,9-11H,8H2,1H3. The Morgan fingerprint density at radius 3 is 2.96 bits per heavy atom. The fourth-order valence-electron chi connectivity index (χ4n) is 3.00. The van der Waals surface area contributed by atoms with Crippen molar-refractivity contribution in [2.75, 3.05) is 0 Å². The molecule has 4 rings (SSSR count). The predicted octanol–water partition coefficient (Wildman–Crippen LogP) is 3.80. The minimum Gasteiger partial charge on any atom is -0.331 e. The van der Waals surface area contributed by atoms with Crippen LogP contribution in [0.3, 0.4) is 0 Å². The summed E-state index contributed by atoms with van der Waals surface area (Å²) in [5, 5.41) is 0.608. The van der Waals surface area contributed by atoms with Crippen LogP contribution in [-0.2, 0) is 13.5 Å². The number of fused-ring (bicyclic) bond motifs is 2. The number of rotatable bonds is 2. The summed E-state index contributed by atoms with van der Waals surface area (Å²) >= 11 is 6.20. The van der Waals surface area contributed by atoms with Gasteiger partial charge in [-0.1, -0.05) is 23.7 Å². The second-order valence-corrected chi connectivity index (χ2v) is 6.23. The van der Waals surface area contributed by atoms with Gasteiger partial charge in [-0.15, -0.1) is 0 Å². The van der Waals surface area contributed by atoms with Crippen molar-refractivity contribution in [3.05, 3.63) is 82.2 Å². The number of Topliss-reactive ketones (excluding diaryl/α,β-unsaturated/α-hetero) is 1. The highest BCUT2D eigenvalue weighted by atomic mass is 35.5. The van der Waals surface area contributed by atoms with E-state index in [9.17, 15) is 4.79 Å². The summed E-state index contributed by atoms with van der Waals surface area (Å²) in [6.07, 6.45) is 7.55. The molecule has 2 aromatic heterocycles. The van der Waals surface area contributed by atoms with Crippen LogP contribution in [0.15, 0.2) is 49.1 Å². The van der Waals surface area contributed by atoms with E-state index in [0.29, 0.717) is 22.7 Å². The lowest BCUT2D eigenvalue weighted by Crippen LogP contribution is -2.08. The van der Waals surface area contributed by atoms with E-state index in [1.54, 1.807) is 23.3 Å². The van der Waals surface area contributed by atoms with Gasteiger partial charge in [-0.05, 0) is 41.0 Å². The van der Waals surface area contributed by atoms with Gasteiger partial charge < -0.3 is 4.57 Å². The van der Waals surface area contributed by atoms with Crippen LogP contribution >= 0.6 is 11.6 Å². The number of benzene rings is 1. The van der Waals surface area contributed by atoms with Gasteiger partial charge in [0.25, 0.3) is 0 Å². The topological polar surface area (TPSA) is 47.8 Å². The number of carbonyl (C=O) groups excluding carboxylic acids is 1. The summed E-state index contributed by atoms with van der Waals surface area (Å²) < 4.78 is 1.72. The molecule has 1 aromatic carbocycles. The van der Waals surface area contributed by atoms with E-state index in [0.717, 1.165) is 22.4 Å². The summed E-state index contributed by atoms with van der Waals surface area (Å²) in [5.74, 6) is -0.0739. The van der Waals surface area contributed by atoms with Gasteiger partial charge in [0, 0.05) is 30.3 Å². The molecule has 0 atom stereocenters. The first-order chi connectivity index (χ1) is 11.6. The molecule has 0 radical (unpaired) electrons. The number of ketones is 1. The van der Waals surface area contributed by atoms with Crippen LogP contribution in [0.4, 0.5) is 0 Å². The number of halogens is 1. The van der Waals surface area contributed by atoms with Crippen molar-refractivity contribution in [3.8, 4) is 0 Å². The average molecular weight is 336 g/mol. The molecule has 0 bridgehead atoms. The van der Waals surface area contributed by atoms with Gasteiger partial charge in [-0.3, -0.25) is 9.78 Å². The Labute approximate surface area is 144 Å². The Kier molecular flexibility index (Phi) is 3.54. The quantitative estimate of drug-likeness (QED) is 0.669. The maximum absolute atomic E-state index is 13.1. The third kappa shape index (κ3) is 2.45. The van der Waals surface area contributed by atoms with Crippen molar-refractivity contribution in [2.24, 2.45) is 7.05 Å². The SMILES string of the molecule is Cn1cncc1C(=O)C1=Cc2cccnc2Cc2ccc(Cl)cc21. The first kappa shape index (κ1) is 14.8. The Morgan fingerprint density at radius 2 is 2.17 bits per heavy atom. The van der Waals surface area contributed by atoms with Crippen molar-refractivity contribution >= 4 is 29.0 Å². The predicted molar refractivity (Wildman–Crippen MR) is 93.9 cm³/mol. The van der Waals surface area contributed by atoms with Crippen LogP contribution in [0.5, 0.6) is 0 Å². The zero-order chi connectivity index (χ0) is 16.7. The number of carbonyl (C=O) groups is 1. The van der Waals surface area contributed by atoms with Crippen molar-refractivity contribution in [2.45, 2.75) is 6.42 Å². The van der Waals surface area contributed by atoms with Gasteiger partial charge in [-0.2, -0.15) is 0 Å². The molecule has 1 aliphatic rings. The minimum atomic E-state index is -0.0739. The van der Waals surface area contributed by atoms with Crippen molar-refractivity contribution in [1.29, 1.82) is 0 Å². The molecule has 0 N–H and O–H groups in total. The summed E-state index contributed by atoms with van der Waals surface area (Å²) in [4.78, 5) is 21.6. The molecule has 1 aliphatic carbocycles. The first-order valence-corrected chi connectivity index (χ1v) is 7.96. The molecule has 0 fully saturated rings. The van der Waals surface area contributed by atoms with E-state index in [1.165, 1.54) is 0 Å². The van der Waals surface area contributed by atoms with E-state index >= 15 is 0 Å². The molecule has 0 unspecified atom stereocenters. The van der Waals surface area contributed by atoms with Gasteiger partial charge >= 0.3 is 0 Å². The van der Waals surface area contributed by atoms with Gasteiger partial charge in [0.2, 0.25) is 5.78 Å². The average Bonchev–Trinajstić information content (AvgIpc) is 2.93. The molecule has 5 heteroatoms. The van der Waals surface area contributed by atoms with Crippen LogP contribution in [0.2, 0.25) is 5.02 Å². The molecule has 3 aromatic rings. The smallest absolute Gasteiger partial charge is 0.211 e. The van der Waals surface area contributed by atoms with Gasteiger partial charge in [0.05, 0.1) is 18.2 Å². The molecular formula is C19H14ClN3O. The largest absolute Gasteiger partial charge is 0.331 e. The Balaban J connectivity index is 1.96. The number of aryl methyl sites for hydroxylation is 1. The van der Waals surface area contributed by atoms with Crippen molar-refractivity contribution < 1.29 is 4.79 Å². The zero-order valence-corrected chi connectivity index (χ0v) is 13.8. The van der Waals surface area contributed by atoms with E-state index in [-0.39, 0.29) is 5.78 Å². The van der Waals surface area contributed by atoms with Crippen molar-refractivity contribution in [1.82, 2.24) is 14.5 Å². The lowest BCUT2D eigenvalue weighted by atomic mass is 9.95. The normalized spacial score (nSPS) is 12.8. The van der Waals surface area contributed by atoms with E-state index in [4.69, 9.17) is 11.6 Å². The summed E-state index contributed by atoms with van der Waals surface area (Å²) in [7, 11) is 1.81. The van der Waals surface area contributed by atoms with Crippen LogP contribution < -0.4 is 0 Å². The monoisotopic (exact) mass is 335 g/mol. The maximum Gasteiger partial charge on any atom is 0.211 e. The highest BCUT2D eigenvalue weighted by Crippen LogP contribution is 2.33. The number of aromatic nitrogens is 3. The van der Waals surface area contributed by atoms with E-state index in [1.807, 2.05) is 43.5 Å². The van der Waals surface area contributed by atoms with Crippen LogP contribution in [0, 0.1) is 0 Å².